The van der Waals surface area contributed by atoms with Gasteiger partial charge in [-0.1, -0.05) is 62.1 Å². The number of halogens is 2. The van der Waals surface area contributed by atoms with Gasteiger partial charge in [0.15, 0.2) is 0 Å². The van der Waals surface area contributed by atoms with Crippen LogP contribution in [-0.2, 0) is 0 Å². The van der Waals surface area contributed by atoms with Crippen molar-refractivity contribution in [3.05, 3.63) is 109 Å². The minimum Gasteiger partial charge on any atom is -0.494 e. The van der Waals surface area contributed by atoms with E-state index < -0.39 is 0 Å². The lowest BCUT2D eigenvalue weighted by Crippen LogP contribution is -2.27. The molecule has 0 fully saturated rings. The van der Waals surface area contributed by atoms with Gasteiger partial charge in [0.05, 0.1) is 13.2 Å². The lowest BCUT2D eigenvalue weighted by molar-refractivity contribution is 0.340. The Morgan fingerprint density at radius 2 is 0.784 bits per heavy atom. The van der Waals surface area contributed by atoms with Crippen molar-refractivity contribution in [3.8, 4) is 11.5 Å². The number of hydrogen-bond acceptors (Lipinski definition) is 6. The van der Waals surface area contributed by atoms with Crippen LogP contribution in [-0.4, -0.2) is 43.5 Å². The van der Waals surface area contributed by atoms with E-state index in [0.29, 0.717) is 13.2 Å². The molecule has 0 unspecified atom stereocenters. The summed E-state index contributed by atoms with van der Waals surface area (Å²) >= 11 is 0. The van der Waals surface area contributed by atoms with E-state index in [2.05, 4.69) is 94.7 Å². The lowest BCUT2D eigenvalue weighted by atomic mass is 10.1. The van der Waals surface area contributed by atoms with Gasteiger partial charge in [-0.15, -0.1) is 24.8 Å². The van der Waals surface area contributed by atoms with Gasteiger partial charge in [-0.25, -0.2) is 0 Å². The molecule has 0 saturated carbocycles. The molecular formula is C42H56Cl2N4O3. The first-order valence-corrected chi connectivity index (χ1v) is 18.0. The van der Waals surface area contributed by atoms with Crippen LogP contribution < -0.4 is 19.3 Å². The number of nitrogens with zero attached hydrogens (tertiary/aromatic N) is 4. The number of hydrogen-bond donors (Lipinski definition) is 0. The molecule has 2 aliphatic heterocycles. The van der Waals surface area contributed by atoms with Crippen molar-refractivity contribution in [1.29, 1.82) is 0 Å². The van der Waals surface area contributed by atoms with E-state index in [1.54, 1.807) is 0 Å². The van der Waals surface area contributed by atoms with Crippen LogP contribution >= 0.6 is 24.8 Å². The fraction of sp³-hybridized carbons (Fsp3) is 0.381. The van der Waals surface area contributed by atoms with Crippen molar-refractivity contribution in [2.45, 2.75) is 78.1 Å². The number of benzene rings is 4. The Hall–Kier alpha value is -4.04. The molecule has 2 N–H and O–H groups in total. The second-order valence-electron chi connectivity index (χ2n) is 12.1. The molecule has 4 aromatic rings. The molecule has 51 heavy (non-hydrogen) atoms. The van der Waals surface area contributed by atoms with E-state index in [9.17, 15) is 0 Å². The zero-order valence-electron chi connectivity index (χ0n) is 30.2. The zero-order chi connectivity index (χ0) is 33.2. The molecule has 2 heterocycles. The number of rotatable bonds is 8. The Bertz CT molecular complexity index is 1430. The lowest BCUT2D eigenvalue weighted by Gasteiger charge is -2.28. The standard InChI is InChI=1S/2C21H26N2O.2ClH.H2O/c2*1-2-24-20-15-13-19(14-16-20)23(18-10-6-5-7-11-18)21-12-8-3-4-9-17-22-21;;;/h2*5-7,10-11,13-16H,2-4,8-9,12,17H2,1H3;2*1H;1H2. The predicted octanol–water partition coefficient (Wildman–Crippen LogP) is 11.2. The van der Waals surface area contributed by atoms with Crippen molar-refractivity contribution in [1.82, 2.24) is 0 Å². The van der Waals surface area contributed by atoms with Crippen molar-refractivity contribution in [3.63, 3.8) is 0 Å². The minimum atomic E-state index is 0. The third kappa shape index (κ3) is 13.2. The average molecular weight is 736 g/mol. The Labute approximate surface area is 317 Å². The van der Waals surface area contributed by atoms with E-state index in [-0.39, 0.29) is 30.3 Å². The van der Waals surface area contributed by atoms with Crippen LogP contribution in [0.2, 0.25) is 0 Å². The molecule has 0 amide bonds. The van der Waals surface area contributed by atoms with Crippen molar-refractivity contribution < 1.29 is 14.9 Å². The van der Waals surface area contributed by atoms with Gasteiger partial charge in [-0.3, -0.25) is 19.8 Å². The fourth-order valence-electron chi connectivity index (χ4n) is 6.20. The Morgan fingerprint density at radius 3 is 1.14 bits per heavy atom. The molecule has 0 spiro atoms. The maximum absolute atomic E-state index is 5.58. The maximum Gasteiger partial charge on any atom is 0.119 e. The molecule has 0 aromatic heterocycles. The Morgan fingerprint density at radius 1 is 0.451 bits per heavy atom. The van der Waals surface area contributed by atoms with Crippen molar-refractivity contribution in [2.75, 3.05) is 36.1 Å². The number of anilines is 4. The smallest absolute Gasteiger partial charge is 0.119 e. The number of amidine groups is 2. The Balaban J connectivity index is 0.000000334. The third-order valence-corrected chi connectivity index (χ3v) is 8.56. The molecule has 0 atom stereocenters. The molecule has 9 heteroatoms. The molecule has 0 saturated heterocycles. The van der Waals surface area contributed by atoms with Gasteiger partial charge < -0.3 is 14.9 Å². The fourth-order valence-corrected chi connectivity index (χ4v) is 6.20. The summed E-state index contributed by atoms with van der Waals surface area (Å²) in [4.78, 5) is 14.4. The van der Waals surface area contributed by atoms with Gasteiger partial charge in [0, 0.05) is 48.7 Å². The molecule has 276 valence electrons. The predicted molar refractivity (Wildman–Crippen MR) is 221 cm³/mol. The molecular weight excluding hydrogens is 679 g/mol. The summed E-state index contributed by atoms with van der Waals surface area (Å²) in [5, 5.41) is 0. The monoisotopic (exact) mass is 734 g/mol. The van der Waals surface area contributed by atoms with Crippen molar-refractivity contribution in [2.24, 2.45) is 9.98 Å². The topological polar surface area (TPSA) is 81.2 Å². The van der Waals surface area contributed by atoms with Gasteiger partial charge in [-0.2, -0.15) is 0 Å². The minimum absolute atomic E-state index is 0. The summed E-state index contributed by atoms with van der Waals surface area (Å²) in [6.45, 7) is 7.25. The highest BCUT2D eigenvalue weighted by molar-refractivity contribution is 6.05. The first kappa shape index (κ1) is 43.1. The summed E-state index contributed by atoms with van der Waals surface area (Å²) in [6, 6.07) is 37.7. The maximum atomic E-state index is 5.58. The average Bonchev–Trinajstić information content (AvgIpc) is 3.10. The van der Waals surface area contributed by atoms with E-state index in [0.717, 1.165) is 48.8 Å². The third-order valence-electron chi connectivity index (χ3n) is 8.56. The van der Waals surface area contributed by atoms with Crippen LogP contribution in [0.15, 0.2) is 119 Å². The SMILES string of the molecule is CCOc1ccc(N(C2=NCCCCCC2)c2ccccc2)cc1.CCOc1ccc(N(C2=NCCCCCC2)c2ccccc2)cc1.Cl.Cl.O. The highest BCUT2D eigenvalue weighted by atomic mass is 35.5. The molecule has 6 rings (SSSR count). The van der Waals surface area contributed by atoms with E-state index >= 15 is 0 Å². The van der Waals surface area contributed by atoms with Gasteiger partial charge in [0.2, 0.25) is 0 Å². The van der Waals surface area contributed by atoms with E-state index in [4.69, 9.17) is 19.5 Å². The quantitative estimate of drug-likeness (QED) is 0.180. The highest BCUT2D eigenvalue weighted by Gasteiger charge is 2.18. The first-order valence-electron chi connectivity index (χ1n) is 18.0. The van der Waals surface area contributed by atoms with Gasteiger partial charge in [0.25, 0.3) is 0 Å². The molecule has 2 aliphatic rings. The zero-order valence-corrected chi connectivity index (χ0v) is 31.8. The second kappa shape index (κ2) is 24.2. The molecule has 0 aliphatic carbocycles. The van der Waals surface area contributed by atoms with Crippen LogP contribution in [0.25, 0.3) is 0 Å². The number of aliphatic imine (C=N–C) groups is 2. The van der Waals surface area contributed by atoms with Crippen LogP contribution in [0, 0.1) is 0 Å². The van der Waals surface area contributed by atoms with Gasteiger partial charge in [-0.05, 0) is 112 Å². The molecule has 0 bridgehead atoms. The molecule has 4 aromatic carbocycles. The molecule has 7 nitrogen and oxygen atoms in total. The molecule has 0 radical (unpaired) electrons. The number of ether oxygens (including phenoxy) is 2. The van der Waals surface area contributed by atoms with Crippen LogP contribution in [0.5, 0.6) is 11.5 Å². The Kier molecular flexibility index (Phi) is 20.5. The highest BCUT2D eigenvalue weighted by Crippen LogP contribution is 2.31. The van der Waals surface area contributed by atoms with Crippen LogP contribution in [0.4, 0.5) is 22.7 Å². The largest absolute Gasteiger partial charge is 0.494 e. The summed E-state index contributed by atoms with van der Waals surface area (Å²) in [6.07, 6.45) is 12.0. The summed E-state index contributed by atoms with van der Waals surface area (Å²) in [5.74, 6) is 4.16. The van der Waals surface area contributed by atoms with Crippen LogP contribution in [0.1, 0.15) is 78.1 Å². The van der Waals surface area contributed by atoms with E-state index in [1.807, 2.05) is 38.1 Å². The second-order valence-corrected chi connectivity index (χ2v) is 12.1. The summed E-state index contributed by atoms with van der Waals surface area (Å²) in [5.41, 5.74) is 4.62. The van der Waals surface area contributed by atoms with Gasteiger partial charge >= 0.3 is 0 Å². The van der Waals surface area contributed by atoms with Crippen molar-refractivity contribution >= 4 is 59.2 Å². The summed E-state index contributed by atoms with van der Waals surface area (Å²) < 4.78 is 11.2. The van der Waals surface area contributed by atoms with Gasteiger partial charge in [0.1, 0.15) is 23.2 Å². The number of para-hydroxylation sites is 2. The van der Waals surface area contributed by atoms with Crippen LogP contribution in [0.3, 0.4) is 0 Å². The summed E-state index contributed by atoms with van der Waals surface area (Å²) in [7, 11) is 0. The van der Waals surface area contributed by atoms with E-state index in [1.165, 1.54) is 74.4 Å². The normalized spacial score (nSPS) is 14.2. The first-order chi connectivity index (χ1) is 23.8.